The zero-order chi connectivity index (χ0) is 20.4. The van der Waals surface area contributed by atoms with Crippen molar-refractivity contribution in [2.24, 2.45) is 0 Å². The fourth-order valence-corrected chi connectivity index (χ4v) is 3.11. The molecular weight excluding hydrogens is 373 g/mol. The topological polar surface area (TPSA) is 76.2 Å². The minimum atomic E-state index is -0.436. The van der Waals surface area contributed by atoms with E-state index in [9.17, 15) is 9.18 Å². The number of halogens is 1. The fraction of sp³-hybridized carbons (Fsp3) is 0.0909. The maximum absolute atomic E-state index is 13.5. The van der Waals surface area contributed by atoms with Gasteiger partial charge in [-0.15, -0.1) is 0 Å². The Kier molecular flexibility index (Phi) is 4.87. The van der Waals surface area contributed by atoms with E-state index in [-0.39, 0.29) is 5.82 Å². The number of methoxy groups -OCH3 is 2. The molecule has 2 heterocycles. The van der Waals surface area contributed by atoms with E-state index < -0.39 is 5.97 Å². The zero-order valence-corrected chi connectivity index (χ0v) is 15.8. The second-order valence-electron chi connectivity index (χ2n) is 6.41. The standard InChI is InChI=1S/C22H18FN3O3/c1-28-21-10-13(22(27)29-2)3-5-19(21)25-17-8-15(11-24-12-17)20-9-14-7-16(23)4-6-18(14)26-20/h3-12,25-26H,1-2H3. The van der Waals surface area contributed by atoms with E-state index >= 15 is 0 Å². The molecule has 0 bridgehead atoms. The van der Waals surface area contributed by atoms with E-state index in [1.165, 1.54) is 26.4 Å². The van der Waals surface area contributed by atoms with Crippen LogP contribution < -0.4 is 10.1 Å². The Balaban J connectivity index is 1.64. The number of aromatic nitrogens is 2. The maximum atomic E-state index is 13.5. The van der Waals surface area contributed by atoms with Crippen LogP contribution in [0.2, 0.25) is 0 Å². The van der Waals surface area contributed by atoms with E-state index in [1.807, 2.05) is 12.1 Å². The molecule has 2 N–H and O–H groups in total. The van der Waals surface area contributed by atoms with E-state index in [4.69, 9.17) is 9.47 Å². The molecule has 146 valence electrons. The number of nitrogens with one attached hydrogen (secondary N) is 2. The minimum absolute atomic E-state index is 0.279. The summed E-state index contributed by atoms with van der Waals surface area (Å²) in [5.41, 5.74) is 4.33. The Morgan fingerprint density at radius 1 is 1.07 bits per heavy atom. The molecule has 0 fully saturated rings. The summed E-state index contributed by atoms with van der Waals surface area (Å²) in [7, 11) is 2.86. The van der Waals surface area contributed by atoms with Crippen molar-refractivity contribution in [2.45, 2.75) is 0 Å². The molecule has 0 saturated carbocycles. The Morgan fingerprint density at radius 2 is 1.93 bits per heavy atom. The normalized spacial score (nSPS) is 10.7. The molecule has 0 radical (unpaired) electrons. The van der Waals surface area contributed by atoms with E-state index in [1.54, 1.807) is 36.7 Å². The Bertz CT molecular complexity index is 1200. The summed E-state index contributed by atoms with van der Waals surface area (Å²) in [6.45, 7) is 0. The lowest BCUT2D eigenvalue weighted by molar-refractivity contribution is 0.0600. The molecule has 29 heavy (non-hydrogen) atoms. The van der Waals surface area contributed by atoms with Gasteiger partial charge in [-0.1, -0.05) is 0 Å². The van der Waals surface area contributed by atoms with Gasteiger partial charge in [0.2, 0.25) is 0 Å². The number of anilines is 2. The van der Waals surface area contributed by atoms with Gasteiger partial charge in [0, 0.05) is 28.4 Å². The molecule has 0 saturated heterocycles. The van der Waals surface area contributed by atoms with E-state index in [0.29, 0.717) is 17.0 Å². The number of rotatable bonds is 5. The summed E-state index contributed by atoms with van der Waals surface area (Å²) in [6.07, 6.45) is 3.41. The van der Waals surface area contributed by atoms with Crippen LogP contribution in [0.4, 0.5) is 15.8 Å². The lowest BCUT2D eigenvalue weighted by Crippen LogP contribution is -2.03. The van der Waals surface area contributed by atoms with Gasteiger partial charge in [-0.25, -0.2) is 9.18 Å². The molecule has 0 unspecified atom stereocenters. The van der Waals surface area contributed by atoms with Gasteiger partial charge in [0.15, 0.2) is 0 Å². The van der Waals surface area contributed by atoms with Crippen molar-refractivity contribution in [3.05, 3.63) is 72.3 Å². The largest absolute Gasteiger partial charge is 0.495 e. The maximum Gasteiger partial charge on any atom is 0.337 e. The van der Waals surface area contributed by atoms with Gasteiger partial charge in [0.25, 0.3) is 0 Å². The molecule has 0 spiro atoms. The molecule has 0 aliphatic carbocycles. The monoisotopic (exact) mass is 391 g/mol. The van der Waals surface area contributed by atoms with Crippen LogP contribution in [0.5, 0.6) is 5.75 Å². The molecule has 7 heteroatoms. The average Bonchev–Trinajstić information content (AvgIpc) is 3.17. The second-order valence-corrected chi connectivity index (χ2v) is 6.41. The predicted octanol–water partition coefficient (Wildman–Crippen LogP) is 4.91. The molecule has 6 nitrogen and oxygen atoms in total. The first kappa shape index (κ1) is 18.5. The molecule has 0 aliphatic heterocycles. The van der Waals surface area contributed by atoms with Crippen molar-refractivity contribution < 1.29 is 18.7 Å². The van der Waals surface area contributed by atoms with Gasteiger partial charge in [-0.3, -0.25) is 4.98 Å². The number of H-pyrrole nitrogens is 1. The first-order chi connectivity index (χ1) is 14.1. The highest BCUT2D eigenvalue weighted by Crippen LogP contribution is 2.31. The summed E-state index contributed by atoms with van der Waals surface area (Å²) in [5.74, 6) is -0.216. The van der Waals surface area contributed by atoms with Gasteiger partial charge < -0.3 is 19.8 Å². The number of hydrogen-bond acceptors (Lipinski definition) is 5. The summed E-state index contributed by atoms with van der Waals surface area (Å²) >= 11 is 0. The zero-order valence-electron chi connectivity index (χ0n) is 15.8. The first-order valence-corrected chi connectivity index (χ1v) is 8.84. The number of carbonyl (C=O) groups excluding carboxylic acids is 1. The lowest BCUT2D eigenvalue weighted by Gasteiger charge is -2.12. The number of esters is 1. The third kappa shape index (κ3) is 3.75. The molecule has 0 amide bonds. The van der Waals surface area contributed by atoms with E-state index in [2.05, 4.69) is 15.3 Å². The quantitative estimate of drug-likeness (QED) is 0.473. The fourth-order valence-electron chi connectivity index (χ4n) is 3.11. The van der Waals surface area contributed by atoms with Crippen molar-refractivity contribution in [1.29, 1.82) is 0 Å². The minimum Gasteiger partial charge on any atom is -0.495 e. The first-order valence-electron chi connectivity index (χ1n) is 8.84. The Hall–Kier alpha value is -3.87. The summed E-state index contributed by atoms with van der Waals surface area (Å²) < 4.78 is 23.6. The van der Waals surface area contributed by atoms with Crippen LogP contribution in [0.15, 0.2) is 60.9 Å². The van der Waals surface area contributed by atoms with Crippen LogP contribution in [0.1, 0.15) is 10.4 Å². The molecule has 2 aromatic carbocycles. The van der Waals surface area contributed by atoms with Gasteiger partial charge >= 0.3 is 5.97 Å². The average molecular weight is 391 g/mol. The number of pyridine rings is 1. The molecule has 0 aliphatic rings. The van der Waals surface area contributed by atoms with Crippen molar-refractivity contribution in [1.82, 2.24) is 9.97 Å². The lowest BCUT2D eigenvalue weighted by atomic mass is 10.1. The predicted molar refractivity (Wildman–Crippen MR) is 109 cm³/mol. The molecular formula is C22H18FN3O3. The number of hydrogen-bond donors (Lipinski definition) is 2. The summed E-state index contributed by atoms with van der Waals surface area (Å²) in [6, 6.07) is 13.4. The van der Waals surface area contributed by atoms with Gasteiger partial charge in [-0.05, 0) is 48.5 Å². The van der Waals surface area contributed by atoms with E-state index in [0.717, 1.165) is 27.8 Å². The van der Waals surface area contributed by atoms with Crippen LogP contribution in [-0.2, 0) is 4.74 Å². The Labute approximate surface area is 166 Å². The third-order valence-electron chi connectivity index (χ3n) is 4.53. The van der Waals surface area contributed by atoms with Crippen molar-refractivity contribution in [3.8, 4) is 17.0 Å². The van der Waals surface area contributed by atoms with Crippen LogP contribution in [-0.4, -0.2) is 30.2 Å². The van der Waals surface area contributed by atoms with Gasteiger partial charge in [0.1, 0.15) is 11.6 Å². The van der Waals surface area contributed by atoms with Crippen LogP contribution in [0.3, 0.4) is 0 Å². The van der Waals surface area contributed by atoms with Crippen LogP contribution >= 0.6 is 0 Å². The number of carbonyl (C=O) groups is 1. The highest BCUT2D eigenvalue weighted by atomic mass is 19.1. The van der Waals surface area contributed by atoms with Crippen molar-refractivity contribution >= 4 is 28.2 Å². The highest BCUT2D eigenvalue weighted by Gasteiger charge is 2.12. The van der Waals surface area contributed by atoms with Crippen LogP contribution in [0, 0.1) is 5.82 Å². The number of nitrogens with zero attached hydrogens (tertiary/aromatic N) is 1. The number of ether oxygens (including phenoxy) is 2. The Morgan fingerprint density at radius 3 is 2.72 bits per heavy atom. The van der Waals surface area contributed by atoms with Crippen LogP contribution in [0.25, 0.3) is 22.2 Å². The smallest absolute Gasteiger partial charge is 0.337 e. The molecule has 2 aromatic heterocycles. The van der Waals surface area contributed by atoms with Crippen molar-refractivity contribution in [2.75, 3.05) is 19.5 Å². The molecule has 0 atom stereocenters. The summed E-state index contributed by atoms with van der Waals surface area (Å²) in [4.78, 5) is 19.3. The van der Waals surface area contributed by atoms with Gasteiger partial charge in [0.05, 0.1) is 37.4 Å². The highest BCUT2D eigenvalue weighted by molar-refractivity contribution is 5.91. The molecule has 4 aromatic rings. The third-order valence-corrected chi connectivity index (χ3v) is 4.53. The number of fused-ring (bicyclic) bond motifs is 1. The SMILES string of the molecule is COC(=O)c1ccc(Nc2cncc(-c3cc4cc(F)ccc4[nH]3)c2)c(OC)c1. The number of aromatic amines is 1. The molecule has 4 rings (SSSR count). The summed E-state index contributed by atoms with van der Waals surface area (Å²) in [5, 5.41) is 4.04. The van der Waals surface area contributed by atoms with Crippen molar-refractivity contribution in [3.63, 3.8) is 0 Å². The van der Waals surface area contributed by atoms with Gasteiger partial charge in [-0.2, -0.15) is 0 Å². The number of benzene rings is 2. The second kappa shape index (κ2) is 7.63.